The monoisotopic (exact) mass is 235 g/mol. The van der Waals surface area contributed by atoms with Gasteiger partial charge in [0.25, 0.3) is 0 Å². The minimum absolute atomic E-state index is 0.845. The Morgan fingerprint density at radius 2 is 2.38 bits per heavy atom. The summed E-state index contributed by atoms with van der Waals surface area (Å²) in [4.78, 5) is 5.70. The molecule has 16 heavy (non-hydrogen) atoms. The second-order valence-corrected chi connectivity index (χ2v) is 5.38. The van der Waals surface area contributed by atoms with Crippen LogP contribution in [-0.4, -0.2) is 22.0 Å². The molecule has 0 aromatic carbocycles. The van der Waals surface area contributed by atoms with Crippen LogP contribution in [0, 0.1) is 0 Å². The summed E-state index contributed by atoms with van der Waals surface area (Å²) in [7, 11) is 0. The molecular weight excluding hydrogens is 218 g/mol. The lowest BCUT2D eigenvalue weighted by molar-refractivity contribution is 0.617. The zero-order valence-corrected chi connectivity index (χ0v) is 10.2. The maximum atomic E-state index is 4.58. The molecule has 1 saturated carbocycles. The molecular formula is C12H17N3S. The predicted octanol–water partition coefficient (Wildman–Crippen LogP) is 2.47. The number of thiazole rings is 1. The summed E-state index contributed by atoms with van der Waals surface area (Å²) in [5, 5.41) is 5.62. The zero-order valence-electron chi connectivity index (χ0n) is 9.35. The molecule has 1 aliphatic rings. The fraction of sp³-hybridized carbons (Fsp3) is 0.583. The molecule has 0 saturated heterocycles. The summed E-state index contributed by atoms with van der Waals surface area (Å²) in [6, 6.07) is 0.845. The van der Waals surface area contributed by atoms with E-state index in [0.717, 1.165) is 17.4 Å². The van der Waals surface area contributed by atoms with Crippen LogP contribution in [0.3, 0.4) is 0 Å². The van der Waals surface area contributed by atoms with Gasteiger partial charge in [0.1, 0.15) is 0 Å². The van der Waals surface area contributed by atoms with Gasteiger partial charge in [-0.3, -0.25) is 4.40 Å². The second-order valence-electron chi connectivity index (χ2n) is 4.51. The van der Waals surface area contributed by atoms with Gasteiger partial charge in [0, 0.05) is 23.8 Å². The highest BCUT2D eigenvalue weighted by Crippen LogP contribution is 2.18. The Balaban J connectivity index is 1.42. The molecule has 3 nitrogen and oxygen atoms in total. The van der Waals surface area contributed by atoms with Gasteiger partial charge in [-0.1, -0.05) is 0 Å². The number of hydrogen-bond donors (Lipinski definition) is 1. The summed E-state index contributed by atoms with van der Waals surface area (Å²) in [6.07, 6.45) is 10.6. The number of aromatic nitrogens is 2. The van der Waals surface area contributed by atoms with Gasteiger partial charge < -0.3 is 5.32 Å². The lowest BCUT2D eigenvalue weighted by Crippen LogP contribution is -2.17. The van der Waals surface area contributed by atoms with Crippen molar-refractivity contribution in [2.24, 2.45) is 0 Å². The van der Waals surface area contributed by atoms with E-state index in [-0.39, 0.29) is 0 Å². The van der Waals surface area contributed by atoms with Gasteiger partial charge in [-0.15, -0.1) is 11.3 Å². The topological polar surface area (TPSA) is 29.3 Å². The van der Waals surface area contributed by atoms with Crippen LogP contribution in [0.5, 0.6) is 0 Å². The van der Waals surface area contributed by atoms with Crippen molar-refractivity contribution >= 4 is 16.3 Å². The lowest BCUT2D eigenvalue weighted by atomic mass is 10.2. The average molecular weight is 235 g/mol. The van der Waals surface area contributed by atoms with E-state index in [4.69, 9.17) is 0 Å². The maximum Gasteiger partial charge on any atom is 0.193 e. The van der Waals surface area contributed by atoms with Crippen molar-refractivity contribution in [3.63, 3.8) is 0 Å². The van der Waals surface area contributed by atoms with Crippen LogP contribution in [0.4, 0.5) is 0 Å². The Labute approximate surface area is 99.5 Å². The number of nitrogens with one attached hydrogen (secondary N) is 1. The number of fused-ring (bicyclic) bond motifs is 1. The molecule has 2 aromatic rings. The van der Waals surface area contributed by atoms with E-state index < -0.39 is 0 Å². The Morgan fingerprint density at radius 1 is 1.44 bits per heavy atom. The van der Waals surface area contributed by atoms with Crippen molar-refractivity contribution in [2.75, 3.05) is 6.54 Å². The Kier molecular flexibility index (Phi) is 2.93. The summed E-state index contributed by atoms with van der Waals surface area (Å²) in [5.41, 5.74) is 1.23. The number of unbranched alkanes of at least 4 members (excludes halogenated alkanes) is 1. The lowest BCUT2D eigenvalue weighted by Gasteiger charge is -2.00. The molecule has 0 atom stereocenters. The molecule has 0 amide bonds. The van der Waals surface area contributed by atoms with Gasteiger partial charge >= 0.3 is 0 Å². The highest BCUT2D eigenvalue weighted by Gasteiger charge is 2.19. The van der Waals surface area contributed by atoms with Crippen molar-refractivity contribution in [3.05, 3.63) is 23.5 Å². The normalized spacial score (nSPS) is 16.0. The first-order valence-corrected chi connectivity index (χ1v) is 6.94. The van der Waals surface area contributed by atoms with E-state index in [2.05, 4.69) is 32.5 Å². The fourth-order valence-electron chi connectivity index (χ4n) is 1.92. The molecule has 2 heterocycles. The highest BCUT2D eigenvalue weighted by molar-refractivity contribution is 7.15. The van der Waals surface area contributed by atoms with Crippen molar-refractivity contribution in [2.45, 2.75) is 38.1 Å². The third-order valence-corrected chi connectivity index (χ3v) is 3.78. The first-order valence-electron chi connectivity index (χ1n) is 6.06. The van der Waals surface area contributed by atoms with Crippen LogP contribution >= 0.6 is 11.3 Å². The first-order chi connectivity index (χ1) is 7.92. The molecule has 0 unspecified atom stereocenters. The third kappa shape index (κ3) is 2.44. The van der Waals surface area contributed by atoms with E-state index in [1.807, 2.05) is 0 Å². The van der Waals surface area contributed by atoms with Crippen LogP contribution in [0.2, 0.25) is 0 Å². The number of nitrogens with zero attached hydrogens (tertiary/aromatic N) is 2. The number of rotatable bonds is 6. The molecule has 0 aliphatic heterocycles. The quantitative estimate of drug-likeness (QED) is 0.779. The van der Waals surface area contributed by atoms with Crippen molar-refractivity contribution in [1.82, 2.24) is 14.7 Å². The number of aryl methyl sites for hydroxylation is 1. The van der Waals surface area contributed by atoms with E-state index in [1.165, 1.54) is 37.9 Å². The molecule has 1 fully saturated rings. The van der Waals surface area contributed by atoms with Gasteiger partial charge in [0.05, 0.1) is 5.69 Å². The van der Waals surface area contributed by atoms with Gasteiger partial charge in [-0.2, -0.15) is 0 Å². The van der Waals surface area contributed by atoms with E-state index in [0.29, 0.717) is 0 Å². The summed E-state index contributed by atoms with van der Waals surface area (Å²) < 4.78 is 2.11. The van der Waals surface area contributed by atoms with E-state index in [9.17, 15) is 0 Å². The van der Waals surface area contributed by atoms with Gasteiger partial charge in [-0.25, -0.2) is 4.98 Å². The third-order valence-electron chi connectivity index (χ3n) is 3.01. The van der Waals surface area contributed by atoms with Crippen molar-refractivity contribution in [3.8, 4) is 0 Å². The zero-order chi connectivity index (χ0) is 10.8. The average Bonchev–Trinajstić information content (AvgIpc) is 2.85. The van der Waals surface area contributed by atoms with Crippen LogP contribution < -0.4 is 5.32 Å². The standard InChI is InChI=1S/C12H17N3S/c1(2-6-13-10-4-5-10)3-11-9-15-7-8-16-12(15)14-11/h7-10,13H,1-6H2. The molecule has 0 spiro atoms. The SMILES string of the molecule is c1cn2cc(CCCCNC3CC3)nc2s1. The maximum absolute atomic E-state index is 4.58. The fourth-order valence-corrected chi connectivity index (χ4v) is 2.64. The largest absolute Gasteiger partial charge is 0.314 e. The second kappa shape index (κ2) is 4.55. The summed E-state index contributed by atoms with van der Waals surface area (Å²) in [5.74, 6) is 0. The Bertz CT molecular complexity index is 427. The molecule has 0 radical (unpaired) electrons. The van der Waals surface area contributed by atoms with Crippen LogP contribution in [-0.2, 0) is 6.42 Å². The predicted molar refractivity (Wildman–Crippen MR) is 67.0 cm³/mol. The molecule has 86 valence electrons. The van der Waals surface area contributed by atoms with Gasteiger partial charge in [0.2, 0.25) is 0 Å². The first kappa shape index (κ1) is 10.3. The van der Waals surface area contributed by atoms with E-state index >= 15 is 0 Å². The van der Waals surface area contributed by atoms with Crippen molar-refractivity contribution < 1.29 is 0 Å². The highest BCUT2D eigenvalue weighted by atomic mass is 32.1. The minimum atomic E-state index is 0.845. The summed E-state index contributed by atoms with van der Waals surface area (Å²) in [6.45, 7) is 1.17. The van der Waals surface area contributed by atoms with Gasteiger partial charge in [0.15, 0.2) is 4.96 Å². The molecule has 1 N–H and O–H groups in total. The smallest absolute Gasteiger partial charge is 0.193 e. The number of imidazole rings is 1. The number of hydrogen-bond acceptors (Lipinski definition) is 3. The summed E-state index contributed by atoms with van der Waals surface area (Å²) >= 11 is 1.70. The molecule has 2 aromatic heterocycles. The van der Waals surface area contributed by atoms with Crippen LogP contribution in [0.25, 0.3) is 4.96 Å². The van der Waals surface area contributed by atoms with Gasteiger partial charge in [-0.05, 0) is 38.6 Å². The minimum Gasteiger partial charge on any atom is -0.314 e. The Morgan fingerprint density at radius 3 is 3.19 bits per heavy atom. The molecule has 1 aliphatic carbocycles. The molecule has 4 heteroatoms. The van der Waals surface area contributed by atoms with Crippen molar-refractivity contribution in [1.29, 1.82) is 0 Å². The van der Waals surface area contributed by atoms with Crippen LogP contribution in [0.1, 0.15) is 31.4 Å². The van der Waals surface area contributed by atoms with E-state index in [1.54, 1.807) is 11.3 Å². The Hall–Kier alpha value is -0.870. The molecule has 0 bridgehead atoms. The molecule has 3 rings (SSSR count). The van der Waals surface area contributed by atoms with Crippen LogP contribution in [0.15, 0.2) is 17.8 Å².